The van der Waals surface area contributed by atoms with Crippen molar-refractivity contribution in [1.29, 1.82) is 0 Å². The highest BCUT2D eigenvalue weighted by Gasteiger charge is 2.23. The lowest BCUT2D eigenvalue weighted by Gasteiger charge is -2.22. The van der Waals surface area contributed by atoms with E-state index in [2.05, 4.69) is 5.32 Å². The highest BCUT2D eigenvalue weighted by Crippen LogP contribution is 2.17. The van der Waals surface area contributed by atoms with Crippen LogP contribution in [-0.4, -0.2) is 30.3 Å². The molecule has 2 atom stereocenters. The molecule has 31 heavy (non-hydrogen) atoms. The number of hydrogen-bond acceptors (Lipinski definition) is 4. The van der Waals surface area contributed by atoms with E-state index in [9.17, 15) is 9.90 Å². The topological polar surface area (TPSA) is 67.8 Å². The van der Waals surface area contributed by atoms with Crippen LogP contribution in [0.4, 0.5) is 0 Å². The minimum atomic E-state index is -0.640. The molecule has 0 unspecified atom stereocenters. The van der Waals surface area contributed by atoms with Gasteiger partial charge in [-0.05, 0) is 35.7 Å². The van der Waals surface area contributed by atoms with Crippen LogP contribution in [0.25, 0.3) is 0 Å². The molecule has 2 N–H and O–H groups in total. The predicted molar refractivity (Wildman–Crippen MR) is 121 cm³/mol. The zero-order chi connectivity index (χ0) is 21.9. The number of aliphatic hydroxyl groups excluding tert-OH is 1. The number of rotatable bonds is 11. The molecule has 0 saturated heterocycles. The maximum atomic E-state index is 12.8. The van der Waals surface area contributed by atoms with Crippen molar-refractivity contribution in [3.05, 3.63) is 102 Å². The molecule has 3 aromatic rings. The zero-order valence-corrected chi connectivity index (χ0v) is 17.7. The fourth-order valence-corrected chi connectivity index (χ4v) is 3.29. The zero-order valence-electron chi connectivity index (χ0n) is 17.7. The minimum absolute atomic E-state index is 0.179. The summed E-state index contributed by atoms with van der Waals surface area (Å²) in [7, 11) is 0. The number of aliphatic hydroxyl groups is 1. The van der Waals surface area contributed by atoms with Gasteiger partial charge in [-0.2, -0.15) is 0 Å². The number of carbonyl (C=O) groups is 1. The van der Waals surface area contributed by atoms with E-state index < -0.39 is 12.1 Å². The molecule has 0 aliphatic carbocycles. The van der Waals surface area contributed by atoms with Gasteiger partial charge in [0.25, 0.3) is 0 Å². The van der Waals surface area contributed by atoms with E-state index in [1.165, 1.54) is 0 Å². The van der Waals surface area contributed by atoms with Gasteiger partial charge in [-0.3, -0.25) is 4.79 Å². The summed E-state index contributed by atoms with van der Waals surface area (Å²) >= 11 is 0. The van der Waals surface area contributed by atoms with E-state index in [0.717, 1.165) is 22.4 Å². The van der Waals surface area contributed by atoms with Crippen molar-refractivity contribution >= 4 is 5.91 Å². The summed E-state index contributed by atoms with van der Waals surface area (Å²) in [6, 6.07) is 26.6. The molecule has 0 saturated carbocycles. The van der Waals surface area contributed by atoms with Crippen molar-refractivity contribution in [2.75, 3.05) is 13.2 Å². The largest absolute Gasteiger partial charge is 0.489 e. The van der Waals surface area contributed by atoms with E-state index in [1.54, 1.807) is 0 Å². The number of benzene rings is 3. The summed E-state index contributed by atoms with van der Waals surface area (Å²) in [4.78, 5) is 12.8. The molecule has 0 radical (unpaired) electrons. The van der Waals surface area contributed by atoms with Crippen LogP contribution in [0.15, 0.2) is 84.9 Å². The molecule has 5 nitrogen and oxygen atoms in total. The van der Waals surface area contributed by atoms with Crippen LogP contribution in [0.5, 0.6) is 5.75 Å². The van der Waals surface area contributed by atoms with E-state index in [0.29, 0.717) is 19.6 Å². The molecule has 5 heteroatoms. The summed E-state index contributed by atoms with van der Waals surface area (Å²) in [5, 5.41) is 12.6. The normalized spacial score (nSPS) is 12.7. The first-order chi connectivity index (χ1) is 15.2. The first-order valence-corrected chi connectivity index (χ1v) is 10.5. The molecule has 162 valence electrons. The summed E-state index contributed by atoms with van der Waals surface area (Å²) in [5.74, 6) is 0.531. The second-order valence-electron chi connectivity index (χ2n) is 7.22. The van der Waals surface area contributed by atoms with Gasteiger partial charge in [0, 0.05) is 13.0 Å². The van der Waals surface area contributed by atoms with Crippen molar-refractivity contribution in [3.8, 4) is 5.75 Å². The third-order valence-corrected chi connectivity index (χ3v) is 4.95. The van der Waals surface area contributed by atoms with Crippen LogP contribution in [0, 0.1) is 0 Å². The Balaban J connectivity index is 1.59. The van der Waals surface area contributed by atoms with Crippen LogP contribution < -0.4 is 10.1 Å². The fourth-order valence-electron chi connectivity index (χ4n) is 3.29. The van der Waals surface area contributed by atoms with Crippen molar-refractivity contribution < 1.29 is 19.4 Å². The van der Waals surface area contributed by atoms with Gasteiger partial charge in [0.15, 0.2) is 0 Å². The second kappa shape index (κ2) is 11.9. The predicted octanol–water partition coefficient (Wildman–Crippen LogP) is 4.06. The Morgan fingerprint density at radius 2 is 1.55 bits per heavy atom. The van der Waals surface area contributed by atoms with Crippen LogP contribution in [0.1, 0.15) is 29.7 Å². The van der Waals surface area contributed by atoms with Crippen LogP contribution in [0.2, 0.25) is 0 Å². The van der Waals surface area contributed by atoms with E-state index in [-0.39, 0.29) is 12.5 Å². The van der Waals surface area contributed by atoms with Crippen molar-refractivity contribution in [1.82, 2.24) is 5.32 Å². The first kappa shape index (κ1) is 22.5. The molecule has 0 aliphatic heterocycles. The number of nitrogens with one attached hydrogen (secondary N) is 1. The first-order valence-electron chi connectivity index (χ1n) is 10.5. The maximum absolute atomic E-state index is 12.8. The smallest absolute Gasteiger partial charge is 0.250 e. The van der Waals surface area contributed by atoms with E-state index in [4.69, 9.17) is 9.47 Å². The minimum Gasteiger partial charge on any atom is -0.489 e. The molecular formula is C26H29NO4. The molecule has 0 fully saturated rings. The lowest BCUT2D eigenvalue weighted by molar-refractivity contribution is -0.133. The molecule has 0 aromatic heterocycles. The Hall–Kier alpha value is -3.15. The summed E-state index contributed by atoms with van der Waals surface area (Å²) in [5.41, 5.74) is 2.94. The summed E-state index contributed by atoms with van der Waals surface area (Å²) in [6.45, 7) is 2.61. The van der Waals surface area contributed by atoms with Crippen molar-refractivity contribution in [2.45, 2.75) is 32.1 Å². The molecule has 0 aliphatic rings. The van der Waals surface area contributed by atoms with Gasteiger partial charge in [-0.15, -0.1) is 0 Å². The average molecular weight is 420 g/mol. The van der Waals surface area contributed by atoms with Crippen LogP contribution in [0.3, 0.4) is 0 Å². The highest BCUT2D eigenvalue weighted by molar-refractivity contribution is 5.81. The third-order valence-electron chi connectivity index (χ3n) is 4.95. The average Bonchev–Trinajstić information content (AvgIpc) is 2.83. The molecular weight excluding hydrogens is 390 g/mol. The van der Waals surface area contributed by atoms with Crippen molar-refractivity contribution in [2.24, 2.45) is 0 Å². The second-order valence-corrected chi connectivity index (χ2v) is 7.22. The number of hydrogen-bond donors (Lipinski definition) is 2. The highest BCUT2D eigenvalue weighted by atomic mass is 16.5. The Labute approximate surface area is 183 Å². The van der Waals surface area contributed by atoms with Crippen molar-refractivity contribution in [3.63, 3.8) is 0 Å². The monoisotopic (exact) mass is 419 g/mol. The van der Waals surface area contributed by atoms with E-state index in [1.807, 2.05) is 91.9 Å². The van der Waals surface area contributed by atoms with E-state index >= 15 is 0 Å². The van der Waals surface area contributed by atoms with Crippen LogP contribution in [-0.2, 0) is 22.6 Å². The lowest BCUT2D eigenvalue weighted by atomic mass is 10.0. The van der Waals surface area contributed by atoms with Gasteiger partial charge in [0.1, 0.15) is 18.5 Å². The molecule has 0 bridgehead atoms. The molecule has 3 aromatic carbocycles. The fraction of sp³-hybridized carbons (Fsp3) is 0.269. The molecule has 0 spiro atoms. The maximum Gasteiger partial charge on any atom is 0.250 e. The molecule has 3 rings (SSSR count). The van der Waals surface area contributed by atoms with Gasteiger partial charge in [-0.1, -0.05) is 72.8 Å². The molecule has 0 heterocycles. The Morgan fingerprint density at radius 3 is 2.16 bits per heavy atom. The number of ether oxygens (including phenoxy) is 2. The summed E-state index contributed by atoms with van der Waals surface area (Å²) in [6.07, 6.45) is -0.204. The molecule has 1 amide bonds. The third kappa shape index (κ3) is 6.95. The van der Waals surface area contributed by atoms with Gasteiger partial charge in [0.05, 0.1) is 12.6 Å². The Bertz CT molecular complexity index is 913. The van der Waals surface area contributed by atoms with Gasteiger partial charge < -0.3 is 19.9 Å². The SMILES string of the molecule is CCO[C@@H](Cc1ccc(OCc2ccccc2)cc1)C(=O)N[C@H](CO)c1ccccc1. The standard InChI is InChI=1S/C26H29NO4/c1-2-30-25(26(29)27-24(18-28)22-11-7-4-8-12-22)17-20-13-15-23(16-14-20)31-19-21-9-5-3-6-10-21/h3-16,24-25,28H,2,17-19H2,1H3,(H,27,29)/t24-,25+/m1/s1. The van der Waals surface area contributed by atoms with Gasteiger partial charge in [-0.25, -0.2) is 0 Å². The quantitative estimate of drug-likeness (QED) is 0.492. The summed E-state index contributed by atoms with van der Waals surface area (Å²) < 4.78 is 11.5. The lowest BCUT2D eigenvalue weighted by Crippen LogP contribution is -2.41. The number of carbonyl (C=O) groups excluding carboxylic acids is 1. The van der Waals surface area contributed by atoms with Gasteiger partial charge >= 0.3 is 0 Å². The van der Waals surface area contributed by atoms with Gasteiger partial charge in [0.2, 0.25) is 5.91 Å². The Morgan fingerprint density at radius 1 is 0.903 bits per heavy atom. The van der Waals surface area contributed by atoms with Crippen LogP contribution >= 0.6 is 0 Å². The number of amides is 1. The Kier molecular flexibility index (Phi) is 8.64.